The molecule has 5 aliphatic rings. The van der Waals surface area contributed by atoms with Crippen LogP contribution in [-0.2, 0) is 25.2 Å². The van der Waals surface area contributed by atoms with Crippen LogP contribution in [0.2, 0.25) is 10.6 Å². The van der Waals surface area contributed by atoms with E-state index in [4.69, 9.17) is 63.0 Å². The summed E-state index contributed by atoms with van der Waals surface area (Å²) in [6.07, 6.45) is 26.9. The number of halogens is 6. The van der Waals surface area contributed by atoms with E-state index in [0.29, 0.717) is 23.0 Å². The van der Waals surface area contributed by atoms with E-state index in [0.717, 1.165) is 63.9 Å². The van der Waals surface area contributed by atoms with Crippen molar-refractivity contribution in [3.63, 3.8) is 0 Å². The van der Waals surface area contributed by atoms with Gasteiger partial charge in [0, 0.05) is 109 Å². The Morgan fingerprint density at radius 1 is 0.392 bits per heavy atom. The van der Waals surface area contributed by atoms with Gasteiger partial charge in [-0.05, 0) is 256 Å². The van der Waals surface area contributed by atoms with Gasteiger partial charge in [0.2, 0.25) is 28.4 Å². The molecule has 0 saturated carbocycles. The Bertz CT molecular complexity index is 4620. The fourth-order valence-corrected chi connectivity index (χ4v) is 18.9. The van der Waals surface area contributed by atoms with E-state index in [1.165, 1.54) is 89.5 Å². The van der Waals surface area contributed by atoms with Gasteiger partial charge in [-0.15, -0.1) is 0 Å². The van der Waals surface area contributed by atoms with Crippen molar-refractivity contribution in [2.75, 3.05) is 52.3 Å². The molecule has 0 atom stereocenters. The molecular weight excluding hydrogens is 1850 g/mol. The number of hydrogen-bond acceptors (Lipinski definition) is 20. The summed E-state index contributed by atoms with van der Waals surface area (Å²) in [6, 6.07) is 67.9. The van der Waals surface area contributed by atoms with Gasteiger partial charge in [0.25, 0.3) is 0 Å². The van der Waals surface area contributed by atoms with Gasteiger partial charge < -0.3 is 40.8 Å². The summed E-state index contributed by atoms with van der Waals surface area (Å²) in [5.41, 5.74) is 12.8. The molecule has 0 radical (unpaired) electrons. The Balaban J connectivity index is 0.000000159. The number of rotatable bonds is 11. The van der Waals surface area contributed by atoms with E-state index >= 15 is 0 Å². The standard InChI is InChI=1S/2C18H15P.C16H26BN3O2.C14H18N6.C10H14BrN3.C6H13N.C4H2BrClN2.C4H4ClN3.2ClH.Pd/c2*1-4-10-16(11-5-1)19(17-12-6-2-7-13-17)18-14-8-3-9-15-18;1-14(2)8-7-9-20(14)13-18-10-12(11-19-13)17-21-15(3,4)16(5,6)22-17;1-14(2)5-3-7-20(14)13-17-8-10(9-18-13)12-16-6-4-11(15)19-12;1-10(2)4-3-5-14(10)9-12-6-8(11)7-13-9;1-6(2)4-3-5-7-6;5-3-1-7-4(6)8-2-3;5-4-7-2-1-3(6)8-4;;;/h2*1-15H;10-11H,7-9H2,1-6H3;4,6,8-9H,3,5,7H2,1-2H3,(H2,15,16,19);6-7H,3-5H2,1-2H3;7H,3-5H2,1-2H3;1-2H;1-2H,(H2,6,7,8);2*1H;/q;;;;;;;;;;+2/p-2. The normalized spacial score (nSPS) is 16.4. The van der Waals surface area contributed by atoms with Gasteiger partial charge in [-0.25, -0.2) is 59.8 Å². The molecule has 6 aromatic carbocycles. The van der Waals surface area contributed by atoms with Gasteiger partial charge in [-0.3, -0.25) is 0 Å². The van der Waals surface area contributed by atoms with E-state index in [1.807, 2.05) is 12.4 Å². The van der Waals surface area contributed by atoms with Gasteiger partial charge in [-0.2, -0.15) is 0 Å². The first kappa shape index (κ1) is 96.2. The van der Waals surface area contributed by atoms with Gasteiger partial charge in [0.1, 0.15) is 11.6 Å². The second-order valence-electron chi connectivity index (χ2n) is 32.0. The summed E-state index contributed by atoms with van der Waals surface area (Å²) in [5.74, 6) is 3.79. The molecule has 17 rings (SSSR count). The number of benzene rings is 6. The number of nitrogens with two attached hydrogens (primary N) is 2. The summed E-state index contributed by atoms with van der Waals surface area (Å²) in [5, 5.41) is 12.2. The van der Waals surface area contributed by atoms with Crippen LogP contribution in [0, 0.1) is 0 Å². The van der Waals surface area contributed by atoms with E-state index in [9.17, 15) is 0 Å². The minimum absolute atomic E-state index is 0.106. The Hall–Kier alpha value is -7.61. The van der Waals surface area contributed by atoms with E-state index in [2.05, 4.69) is 377 Å². The zero-order chi connectivity index (χ0) is 86.4. The zero-order valence-electron chi connectivity index (χ0n) is 70.0. The van der Waals surface area contributed by atoms with Gasteiger partial charge >= 0.3 is 42.1 Å². The Morgan fingerprint density at radius 2 is 0.700 bits per heavy atom. The molecule has 5 saturated heterocycles. The molecular formula is C90H107BBr2Cl4N18O2P2Pd. The second kappa shape index (κ2) is 46.8. The molecule has 634 valence electrons. The average molecular weight is 1950 g/mol. The maximum absolute atomic E-state index is 6.04. The second-order valence-corrected chi connectivity index (χ2v) is 41.3. The van der Waals surface area contributed by atoms with Crippen LogP contribution < -0.4 is 68.8 Å². The molecule has 0 aliphatic carbocycles. The van der Waals surface area contributed by atoms with Crippen molar-refractivity contribution in [3.05, 3.63) is 276 Å². The number of hydrogen-bond donors (Lipinski definition) is 3. The van der Waals surface area contributed by atoms with Crippen LogP contribution in [0.1, 0.15) is 134 Å². The third kappa shape index (κ3) is 29.6. The maximum atomic E-state index is 6.04. The molecule has 12 aromatic rings. The Kier molecular flexibility index (Phi) is 37.5. The summed E-state index contributed by atoms with van der Waals surface area (Å²) in [7, 11) is 8.34. The molecule has 11 heterocycles. The van der Waals surface area contributed by atoms with Crippen LogP contribution in [-0.4, -0.2) is 126 Å². The van der Waals surface area contributed by atoms with Gasteiger partial charge in [-0.1, -0.05) is 182 Å². The minimum atomic E-state index is -0.446. The number of nitrogen functional groups attached to an aromatic ring is 2. The van der Waals surface area contributed by atoms with Gasteiger partial charge in [0.15, 0.2) is 5.82 Å². The third-order valence-electron chi connectivity index (χ3n) is 20.7. The van der Waals surface area contributed by atoms with Crippen molar-refractivity contribution in [2.24, 2.45) is 0 Å². The van der Waals surface area contributed by atoms with Gasteiger partial charge in [0.05, 0.1) is 25.7 Å². The first-order valence-electron chi connectivity index (χ1n) is 39.6. The van der Waals surface area contributed by atoms with E-state index in [1.54, 1.807) is 55.5 Å². The van der Waals surface area contributed by atoms with Crippen LogP contribution in [0.15, 0.2) is 265 Å². The monoisotopic (exact) mass is 1950 g/mol. The van der Waals surface area contributed by atoms with Crippen molar-refractivity contribution >= 4 is 164 Å². The maximum Gasteiger partial charge on any atom is -0.0134 e. The fourth-order valence-electron chi connectivity index (χ4n) is 13.6. The minimum Gasteiger partial charge on any atom is -0.0622 e. The molecule has 30 heteroatoms. The van der Waals surface area contributed by atoms with Crippen LogP contribution in [0.5, 0.6) is 0 Å². The van der Waals surface area contributed by atoms with E-state index < -0.39 is 23.0 Å². The SMILES string of the molecule is CC1(C)CCCN1.CC1(C)CCCN1c1ncc(-c2nccc(N)n2)cn1.CC1(C)CCCN1c1ncc(B2OC(C)(C)C(C)(C)O2)cn1.CC1(C)CCCN1c1ncc(Br)cn1.Clc1ncc(Br)cn1.Nc1ccnc(Cl)n1.[Cl][Pd][Cl].c1ccc(P(c2ccccc2)c2ccccc2)cc1.c1ccc(P(c2ccccc2)c2ccccc2)cc1. The molecule has 0 amide bonds. The molecule has 0 spiro atoms. The number of anilines is 5. The molecule has 5 fully saturated rings. The molecule has 0 bridgehead atoms. The molecule has 5 aliphatic heterocycles. The van der Waals surface area contributed by atoms with Crippen molar-refractivity contribution < 1.29 is 25.2 Å². The van der Waals surface area contributed by atoms with Crippen LogP contribution in [0.25, 0.3) is 11.4 Å². The number of nitrogens with zero attached hydrogens (tertiary/aromatic N) is 15. The van der Waals surface area contributed by atoms with Crippen molar-refractivity contribution in [2.45, 2.75) is 168 Å². The predicted molar refractivity (Wildman–Crippen MR) is 506 cm³/mol. The first-order chi connectivity index (χ1) is 57.4. The van der Waals surface area contributed by atoms with Crippen molar-refractivity contribution in [1.29, 1.82) is 0 Å². The molecule has 5 N–H and O–H groups in total. The number of nitrogens with one attached hydrogen (secondary N) is 1. The average Bonchev–Trinajstić information content (AvgIpc) is 1.62. The largest absolute Gasteiger partial charge is 0.0622 e. The van der Waals surface area contributed by atoms with Crippen molar-refractivity contribution in [3.8, 4) is 11.4 Å². The van der Waals surface area contributed by atoms with Crippen LogP contribution in [0.4, 0.5) is 29.5 Å². The fraction of sp³-hybridized carbons (Fsp3) is 0.333. The molecule has 0 unspecified atom stereocenters. The topological polar surface area (TPSA) is 247 Å². The number of aromatic nitrogens is 12. The quantitative estimate of drug-likeness (QED) is 0.0619. The Morgan fingerprint density at radius 3 is 0.958 bits per heavy atom. The molecule has 6 aromatic heterocycles. The van der Waals surface area contributed by atoms with Crippen molar-refractivity contribution in [1.82, 2.24) is 65.1 Å². The summed E-state index contributed by atoms with van der Waals surface area (Å²) in [6.45, 7) is 30.4. The summed E-state index contributed by atoms with van der Waals surface area (Å²) < 4.78 is 13.8. The van der Waals surface area contributed by atoms with E-state index in [-0.39, 0.29) is 54.3 Å². The van der Waals surface area contributed by atoms with Crippen LogP contribution in [0.3, 0.4) is 0 Å². The zero-order valence-corrected chi connectivity index (χ0v) is 79.5. The molecule has 20 nitrogen and oxygen atoms in total. The Labute approximate surface area is 754 Å². The first-order valence-corrected chi connectivity index (χ1v) is 48.6. The predicted octanol–water partition coefficient (Wildman–Crippen LogP) is 18.7. The third-order valence-corrected chi connectivity index (χ3v) is 26.8. The summed E-state index contributed by atoms with van der Waals surface area (Å²) in [4.78, 5) is 56.4. The van der Waals surface area contributed by atoms with Crippen LogP contribution >= 0.6 is 90.0 Å². The molecule has 120 heavy (non-hydrogen) atoms. The summed E-state index contributed by atoms with van der Waals surface area (Å²) >= 11 is 17.1. The smallest absolute Gasteiger partial charge is 0.0134 e.